The minimum atomic E-state index is -3.59. The van der Waals surface area contributed by atoms with Crippen LogP contribution >= 0.6 is 0 Å². The molecule has 0 heterocycles. The van der Waals surface area contributed by atoms with Gasteiger partial charge in [-0.25, -0.2) is 8.42 Å². The van der Waals surface area contributed by atoms with Crippen molar-refractivity contribution in [3.05, 3.63) is 54.6 Å². The lowest BCUT2D eigenvalue weighted by Gasteiger charge is -2.22. The Morgan fingerprint density at radius 2 is 1.68 bits per heavy atom. The molecule has 152 valence electrons. The summed E-state index contributed by atoms with van der Waals surface area (Å²) in [4.78, 5) is 14.4. The minimum absolute atomic E-state index is 0.264. The maximum atomic E-state index is 12.3. The van der Waals surface area contributed by atoms with E-state index in [4.69, 9.17) is 4.74 Å². The highest BCUT2D eigenvalue weighted by molar-refractivity contribution is 7.92. The molecule has 0 radical (unpaired) electrons. The summed E-state index contributed by atoms with van der Waals surface area (Å²) in [6.07, 6.45) is 1.83. The van der Waals surface area contributed by atoms with Crippen molar-refractivity contribution >= 4 is 27.3 Å². The number of benzene rings is 2. The standard InChI is InChI=1S/C20H27N3O4S/c1-22(17-8-5-4-6-9-17)15-7-14-21-20(24)16-23(28(3,25)26)18-10-12-19(27-2)13-11-18/h4-6,8-13H,7,14-16H2,1-3H3,(H,21,24). The molecular weight excluding hydrogens is 378 g/mol. The number of sulfonamides is 1. The maximum absolute atomic E-state index is 12.3. The molecule has 2 rings (SSSR count). The zero-order valence-electron chi connectivity index (χ0n) is 16.5. The highest BCUT2D eigenvalue weighted by Crippen LogP contribution is 2.21. The number of hydrogen-bond acceptors (Lipinski definition) is 5. The quantitative estimate of drug-likeness (QED) is 0.613. The van der Waals surface area contributed by atoms with E-state index in [1.54, 1.807) is 24.3 Å². The molecule has 2 aromatic carbocycles. The summed E-state index contributed by atoms with van der Waals surface area (Å²) in [6, 6.07) is 16.5. The van der Waals surface area contributed by atoms with E-state index in [1.165, 1.54) is 7.11 Å². The van der Waals surface area contributed by atoms with Crippen LogP contribution < -0.4 is 19.3 Å². The van der Waals surface area contributed by atoms with Crippen LogP contribution in [0.2, 0.25) is 0 Å². The summed E-state index contributed by atoms with van der Waals surface area (Å²) in [5.74, 6) is 0.271. The van der Waals surface area contributed by atoms with Crippen molar-refractivity contribution in [1.82, 2.24) is 5.32 Å². The van der Waals surface area contributed by atoms with Gasteiger partial charge < -0.3 is 15.0 Å². The fourth-order valence-electron chi connectivity index (χ4n) is 2.69. The summed E-state index contributed by atoms with van der Waals surface area (Å²) in [5, 5.41) is 2.79. The lowest BCUT2D eigenvalue weighted by molar-refractivity contribution is -0.119. The molecule has 0 aliphatic carbocycles. The van der Waals surface area contributed by atoms with Gasteiger partial charge in [-0.2, -0.15) is 0 Å². The molecule has 0 spiro atoms. The second-order valence-corrected chi connectivity index (χ2v) is 8.34. The van der Waals surface area contributed by atoms with E-state index in [9.17, 15) is 13.2 Å². The maximum Gasteiger partial charge on any atom is 0.240 e. The second kappa shape index (κ2) is 9.98. The molecule has 7 nitrogen and oxygen atoms in total. The van der Waals surface area contributed by atoms with Crippen LogP contribution in [0.25, 0.3) is 0 Å². The Morgan fingerprint density at radius 1 is 1.04 bits per heavy atom. The number of amides is 1. The molecule has 0 saturated heterocycles. The summed E-state index contributed by atoms with van der Waals surface area (Å²) in [5.41, 5.74) is 1.53. The molecule has 1 N–H and O–H groups in total. The summed E-state index contributed by atoms with van der Waals surface area (Å²) >= 11 is 0. The molecule has 0 aliphatic heterocycles. The van der Waals surface area contributed by atoms with Crippen LogP contribution in [-0.4, -0.2) is 54.4 Å². The molecule has 0 fully saturated rings. The van der Waals surface area contributed by atoms with Crippen molar-refractivity contribution in [1.29, 1.82) is 0 Å². The molecule has 28 heavy (non-hydrogen) atoms. The third-order valence-corrected chi connectivity index (χ3v) is 5.38. The van der Waals surface area contributed by atoms with E-state index in [2.05, 4.69) is 10.2 Å². The topological polar surface area (TPSA) is 79.0 Å². The van der Waals surface area contributed by atoms with Crippen molar-refractivity contribution < 1.29 is 17.9 Å². The highest BCUT2D eigenvalue weighted by Gasteiger charge is 2.20. The van der Waals surface area contributed by atoms with E-state index in [0.29, 0.717) is 18.0 Å². The number of nitrogens with one attached hydrogen (secondary N) is 1. The molecule has 0 bridgehead atoms. The Bertz CT molecular complexity index is 855. The van der Waals surface area contributed by atoms with Gasteiger partial charge in [0, 0.05) is 25.8 Å². The van der Waals surface area contributed by atoms with Crippen molar-refractivity contribution in [2.45, 2.75) is 6.42 Å². The van der Waals surface area contributed by atoms with Gasteiger partial charge in [0.2, 0.25) is 15.9 Å². The fraction of sp³-hybridized carbons (Fsp3) is 0.350. The molecule has 0 saturated carbocycles. The van der Waals surface area contributed by atoms with Gasteiger partial charge >= 0.3 is 0 Å². The van der Waals surface area contributed by atoms with Gasteiger partial charge in [0.05, 0.1) is 19.1 Å². The Hall–Kier alpha value is -2.74. The predicted molar refractivity (Wildman–Crippen MR) is 113 cm³/mol. The number of rotatable bonds is 10. The molecule has 8 heteroatoms. The van der Waals surface area contributed by atoms with Crippen molar-refractivity contribution in [3.63, 3.8) is 0 Å². The summed E-state index contributed by atoms with van der Waals surface area (Å²) in [7, 11) is -0.0632. The van der Waals surface area contributed by atoms with Crippen LogP contribution in [-0.2, 0) is 14.8 Å². The average Bonchev–Trinajstić information content (AvgIpc) is 2.69. The molecule has 0 unspecified atom stereocenters. The Balaban J connectivity index is 1.86. The Kier molecular flexibility index (Phi) is 7.69. The normalized spacial score (nSPS) is 11.0. The second-order valence-electron chi connectivity index (χ2n) is 6.43. The van der Waals surface area contributed by atoms with Crippen LogP contribution in [0, 0.1) is 0 Å². The Labute approximate surface area is 167 Å². The molecule has 0 aromatic heterocycles. The van der Waals surface area contributed by atoms with Gasteiger partial charge in [-0.15, -0.1) is 0 Å². The van der Waals surface area contributed by atoms with Gasteiger partial charge in [0.25, 0.3) is 0 Å². The smallest absolute Gasteiger partial charge is 0.240 e. The van der Waals surface area contributed by atoms with E-state index in [0.717, 1.165) is 29.2 Å². The van der Waals surface area contributed by atoms with E-state index < -0.39 is 10.0 Å². The van der Waals surface area contributed by atoms with Gasteiger partial charge in [-0.05, 0) is 42.8 Å². The lowest BCUT2D eigenvalue weighted by Crippen LogP contribution is -2.41. The van der Waals surface area contributed by atoms with Gasteiger partial charge in [0.15, 0.2) is 0 Å². The van der Waals surface area contributed by atoms with Gasteiger partial charge in [-0.3, -0.25) is 9.10 Å². The number of anilines is 2. The number of carbonyl (C=O) groups is 1. The number of nitrogens with zero attached hydrogens (tertiary/aromatic N) is 2. The van der Waals surface area contributed by atoms with Gasteiger partial charge in [-0.1, -0.05) is 18.2 Å². The lowest BCUT2D eigenvalue weighted by atomic mass is 10.3. The first-order chi connectivity index (χ1) is 13.3. The first kappa shape index (κ1) is 21.6. The van der Waals surface area contributed by atoms with Crippen molar-refractivity contribution in [3.8, 4) is 5.75 Å². The summed E-state index contributed by atoms with van der Waals surface area (Å²) in [6.45, 7) is 0.981. The molecular formula is C20H27N3O4S. The fourth-order valence-corrected chi connectivity index (χ4v) is 3.55. The predicted octanol–water partition coefficient (Wildman–Crippen LogP) is 2.10. The van der Waals surface area contributed by atoms with Crippen LogP contribution in [0.3, 0.4) is 0 Å². The van der Waals surface area contributed by atoms with Crippen LogP contribution in [0.4, 0.5) is 11.4 Å². The number of para-hydroxylation sites is 1. The molecule has 1 amide bonds. The SMILES string of the molecule is COc1ccc(N(CC(=O)NCCCN(C)c2ccccc2)S(C)(=O)=O)cc1. The number of hydrogen-bond donors (Lipinski definition) is 1. The van der Waals surface area contributed by atoms with Crippen molar-refractivity contribution in [2.75, 3.05) is 49.3 Å². The van der Waals surface area contributed by atoms with Crippen LogP contribution in [0.15, 0.2) is 54.6 Å². The van der Waals surface area contributed by atoms with Crippen molar-refractivity contribution in [2.24, 2.45) is 0 Å². The minimum Gasteiger partial charge on any atom is -0.497 e. The first-order valence-electron chi connectivity index (χ1n) is 8.96. The Morgan fingerprint density at radius 3 is 2.25 bits per heavy atom. The average molecular weight is 406 g/mol. The highest BCUT2D eigenvalue weighted by atomic mass is 32.2. The molecule has 0 aliphatic rings. The number of methoxy groups -OCH3 is 1. The summed E-state index contributed by atoms with van der Waals surface area (Å²) < 4.78 is 30.4. The van der Waals surface area contributed by atoms with Crippen LogP contribution in [0.5, 0.6) is 5.75 Å². The zero-order chi connectivity index (χ0) is 20.6. The van der Waals surface area contributed by atoms with Gasteiger partial charge in [0.1, 0.15) is 12.3 Å². The third-order valence-electron chi connectivity index (χ3n) is 4.24. The largest absolute Gasteiger partial charge is 0.497 e. The van der Waals surface area contributed by atoms with E-state index in [-0.39, 0.29) is 12.5 Å². The van der Waals surface area contributed by atoms with E-state index in [1.807, 2.05) is 37.4 Å². The molecule has 0 atom stereocenters. The van der Waals surface area contributed by atoms with E-state index >= 15 is 0 Å². The van der Waals surface area contributed by atoms with Crippen LogP contribution in [0.1, 0.15) is 6.42 Å². The number of carbonyl (C=O) groups excluding carboxylic acids is 1. The monoisotopic (exact) mass is 405 g/mol. The first-order valence-corrected chi connectivity index (χ1v) is 10.8. The molecule has 2 aromatic rings. The zero-order valence-corrected chi connectivity index (χ0v) is 17.3. The third kappa shape index (κ3) is 6.45. The number of ether oxygens (including phenoxy) is 1.